The lowest BCUT2D eigenvalue weighted by atomic mass is 10.2. The van der Waals surface area contributed by atoms with E-state index in [0.29, 0.717) is 6.54 Å². The number of para-hydroxylation sites is 2. The molecule has 0 unspecified atom stereocenters. The minimum absolute atomic E-state index is 0.0269. The molecule has 1 aliphatic rings. The van der Waals surface area contributed by atoms with Gasteiger partial charge < -0.3 is 9.47 Å². The molecule has 5 nitrogen and oxygen atoms in total. The highest BCUT2D eigenvalue weighted by Gasteiger charge is 2.24. The number of likely N-dealkylation sites (tertiary alicyclic amines) is 1. The van der Waals surface area contributed by atoms with Crippen molar-refractivity contribution in [3.63, 3.8) is 0 Å². The lowest BCUT2D eigenvalue weighted by molar-refractivity contribution is 0.319. The summed E-state index contributed by atoms with van der Waals surface area (Å²) in [5, 5.41) is 0.182. The predicted molar refractivity (Wildman–Crippen MR) is 103 cm³/mol. The highest BCUT2D eigenvalue weighted by atomic mass is 32.2. The summed E-state index contributed by atoms with van der Waals surface area (Å²) < 4.78 is 28.1. The SMILES string of the molecule is O=S(=O)(Cc1ccccc1)c1nc2ccccc2n1CCN1CCCC1. The van der Waals surface area contributed by atoms with Gasteiger partial charge in [0, 0.05) is 13.1 Å². The van der Waals surface area contributed by atoms with Crippen LogP contribution >= 0.6 is 0 Å². The molecule has 0 spiro atoms. The molecule has 0 saturated carbocycles. The van der Waals surface area contributed by atoms with Crippen LogP contribution in [0.3, 0.4) is 0 Å². The number of benzene rings is 2. The smallest absolute Gasteiger partial charge is 0.229 e. The molecule has 2 heterocycles. The maximum atomic E-state index is 13.1. The van der Waals surface area contributed by atoms with Crippen LogP contribution in [-0.4, -0.2) is 42.5 Å². The molecule has 2 aromatic carbocycles. The van der Waals surface area contributed by atoms with E-state index in [2.05, 4.69) is 9.88 Å². The van der Waals surface area contributed by atoms with Crippen molar-refractivity contribution in [2.24, 2.45) is 0 Å². The summed E-state index contributed by atoms with van der Waals surface area (Å²) in [6.07, 6.45) is 2.45. The van der Waals surface area contributed by atoms with E-state index in [1.807, 2.05) is 59.2 Å². The zero-order valence-electron chi connectivity index (χ0n) is 14.7. The first-order valence-electron chi connectivity index (χ1n) is 9.08. The molecule has 0 atom stereocenters. The number of sulfone groups is 1. The highest BCUT2D eigenvalue weighted by Crippen LogP contribution is 2.23. The highest BCUT2D eigenvalue weighted by molar-refractivity contribution is 7.90. The zero-order chi connectivity index (χ0) is 18.0. The molecule has 0 radical (unpaired) electrons. The van der Waals surface area contributed by atoms with Crippen molar-refractivity contribution in [1.29, 1.82) is 0 Å². The lowest BCUT2D eigenvalue weighted by Crippen LogP contribution is -2.25. The fourth-order valence-corrected chi connectivity index (χ4v) is 5.14. The van der Waals surface area contributed by atoms with Crippen molar-refractivity contribution >= 4 is 20.9 Å². The Morgan fingerprint density at radius 3 is 2.35 bits per heavy atom. The topological polar surface area (TPSA) is 55.2 Å². The van der Waals surface area contributed by atoms with E-state index in [-0.39, 0.29) is 10.9 Å². The summed E-state index contributed by atoms with van der Waals surface area (Å²) in [4.78, 5) is 6.87. The molecule has 0 bridgehead atoms. The van der Waals surface area contributed by atoms with Gasteiger partial charge in [-0.3, -0.25) is 0 Å². The van der Waals surface area contributed by atoms with Gasteiger partial charge in [0.2, 0.25) is 15.0 Å². The Balaban J connectivity index is 1.69. The molecule has 1 aliphatic heterocycles. The first kappa shape index (κ1) is 17.2. The number of imidazole rings is 1. The van der Waals surface area contributed by atoms with Gasteiger partial charge >= 0.3 is 0 Å². The zero-order valence-corrected chi connectivity index (χ0v) is 15.5. The van der Waals surface area contributed by atoms with E-state index in [0.717, 1.165) is 36.2 Å². The Kier molecular flexibility index (Phi) is 4.78. The van der Waals surface area contributed by atoms with Gasteiger partial charge in [-0.05, 0) is 43.6 Å². The van der Waals surface area contributed by atoms with Gasteiger partial charge in [-0.2, -0.15) is 0 Å². The molecule has 0 amide bonds. The average Bonchev–Trinajstić information content (AvgIpc) is 3.28. The van der Waals surface area contributed by atoms with Gasteiger partial charge in [0.1, 0.15) is 0 Å². The minimum atomic E-state index is -3.52. The van der Waals surface area contributed by atoms with Crippen molar-refractivity contribution in [3.8, 4) is 0 Å². The molecule has 136 valence electrons. The summed E-state index contributed by atoms with van der Waals surface area (Å²) in [7, 11) is -3.52. The van der Waals surface area contributed by atoms with Crippen LogP contribution in [0.25, 0.3) is 11.0 Å². The van der Waals surface area contributed by atoms with Crippen LogP contribution in [0, 0.1) is 0 Å². The summed E-state index contributed by atoms with van der Waals surface area (Å²) in [6.45, 7) is 3.69. The molecule has 0 aliphatic carbocycles. The van der Waals surface area contributed by atoms with E-state index in [9.17, 15) is 8.42 Å². The second-order valence-electron chi connectivity index (χ2n) is 6.83. The van der Waals surface area contributed by atoms with Crippen LogP contribution in [-0.2, 0) is 22.1 Å². The Morgan fingerprint density at radius 2 is 1.58 bits per heavy atom. The molecular weight excluding hydrogens is 346 g/mol. The Morgan fingerprint density at radius 1 is 0.885 bits per heavy atom. The Bertz CT molecular complexity index is 990. The number of fused-ring (bicyclic) bond motifs is 1. The van der Waals surface area contributed by atoms with E-state index in [4.69, 9.17) is 0 Å². The summed E-state index contributed by atoms with van der Waals surface area (Å²) in [5.74, 6) is -0.0269. The lowest BCUT2D eigenvalue weighted by Gasteiger charge is -2.16. The first-order valence-corrected chi connectivity index (χ1v) is 10.7. The van der Waals surface area contributed by atoms with Crippen molar-refractivity contribution in [3.05, 3.63) is 60.2 Å². The molecular formula is C20H23N3O2S. The van der Waals surface area contributed by atoms with Gasteiger partial charge in [-0.15, -0.1) is 0 Å². The predicted octanol–water partition coefficient (Wildman–Crippen LogP) is 3.11. The number of aromatic nitrogens is 2. The first-order chi connectivity index (χ1) is 12.6. The van der Waals surface area contributed by atoms with Crippen molar-refractivity contribution in [2.75, 3.05) is 19.6 Å². The van der Waals surface area contributed by atoms with E-state index < -0.39 is 9.84 Å². The van der Waals surface area contributed by atoms with Gasteiger partial charge in [0.25, 0.3) is 0 Å². The van der Waals surface area contributed by atoms with Crippen molar-refractivity contribution in [1.82, 2.24) is 14.5 Å². The molecule has 4 rings (SSSR count). The van der Waals surface area contributed by atoms with Crippen LogP contribution < -0.4 is 0 Å². The third-order valence-corrected chi connectivity index (χ3v) is 6.52. The monoisotopic (exact) mass is 369 g/mol. The van der Waals surface area contributed by atoms with Gasteiger partial charge in [0.15, 0.2) is 0 Å². The van der Waals surface area contributed by atoms with E-state index in [1.165, 1.54) is 12.8 Å². The second-order valence-corrected chi connectivity index (χ2v) is 8.71. The normalized spacial score (nSPS) is 15.7. The maximum absolute atomic E-state index is 13.1. The van der Waals surface area contributed by atoms with Crippen molar-refractivity contribution in [2.45, 2.75) is 30.3 Å². The molecule has 6 heteroatoms. The van der Waals surface area contributed by atoms with Gasteiger partial charge in [-0.25, -0.2) is 13.4 Å². The minimum Gasteiger partial charge on any atom is -0.313 e. The largest absolute Gasteiger partial charge is 0.313 e. The summed E-state index contributed by atoms with van der Waals surface area (Å²) in [6, 6.07) is 17.0. The summed E-state index contributed by atoms with van der Waals surface area (Å²) >= 11 is 0. The number of rotatable bonds is 6. The van der Waals surface area contributed by atoms with Gasteiger partial charge in [0.05, 0.1) is 16.8 Å². The Hall–Kier alpha value is -2.18. The average molecular weight is 369 g/mol. The van der Waals surface area contributed by atoms with E-state index >= 15 is 0 Å². The maximum Gasteiger partial charge on any atom is 0.229 e. The third kappa shape index (κ3) is 3.52. The number of hydrogen-bond acceptors (Lipinski definition) is 4. The fraction of sp³-hybridized carbons (Fsp3) is 0.350. The van der Waals surface area contributed by atoms with Crippen molar-refractivity contribution < 1.29 is 8.42 Å². The van der Waals surface area contributed by atoms with Gasteiger partial charge in [-0.1, -0.05) is 42.5 Å². The van der Waals surface area contributed by atoms with Crippen LogP contribution in [0.2, 0.25) is 0 Å². The molecule has 1 saturated heterocycles. The van der Waals surface area contributed by atoms with Crippen LogP contribution in [0.15, 0.2) is 59.8 Å². The molecule has 3 aromatic rings. The quantitative estimate of drug-likeness (QED) is 0.670. The van der Waals surface area contributed by atoms with Crippen LogP contribution in [0.4, 0.5) is 0 Å². The summed E-state index contributed by atoms with van der Waals surface area (Å²) in [5.41, 5.74) is 2.41. The number of nitrogens with zero attached hydrogens (tertiary/aromatic N) is 3. The third-order valence-electron chi connectivity index (χ3n) is 4.94. The second kappa shape index (κ2) is 7.21. The fourth-order valence-electron chi connectivity index (χ4n) is 3.61. The standard InChI is InChI=1S/C20H23N3O2S/c24-26(25,16-17-8-2-1-3-9-17)20-21-18-10-4-5-11-19(18)23(20)15-14-22-12-6-7-13-22/h1-5,8-11H,6-7,12-16H2. The molecule has 0 N–H and O–H groups in total. The van der Waals surface area contributed by atoms with E-state index in [1.54, 1.807) is 0 Å². The molecule has 26 heavy (non-hydrogen) atoms. The van der Waals surface area contributed by atoms with Crippen LogP contribution in [0.1, 0.15) is 18.4 Å². The number of hydrogen-bond donors (Lipinski definition) is 0. The molecule has 1 aromatic heterocycles. The molecule has 1 fully saturated rings. The Labute approximate surface area is 154 Å². The van der Waals surface area contributed by atoms with Crippen LogP contribution in [0.5, 0.6) is 0 Å².